The van der Waals surface area contributed by atoms with Gasteiger partial charge in [-0.05, 0) is 35.5 Å². The third-order valence-electron chi connectivity index (χ3n) is 1.96. The maximum Gasteiger partial charge on any atom is 0.240 e. The SMILES string of the molecule is O=S(=O)(NCCCCI)c1cccc(F)c1. The van der Waals surface area contributed by atoms with Crippen molar-refractivity contribution in [2.45, 2.75) is 17.7 Å². The van der Waals surface area contributed by atoms with Crippen LogP contribution in [-0.4, -0.2) is 19.4 Å². The molecule has 1 N–H and O–H groups in total. The third-order valence-corrected chi connectivity index (χ3v) is 4.18. The molecule has 0 spiro atoms. The normalized spacial score (nSPS) is 11.6. The third kappa shape index (κ3) is 4.34. The first-order chi connectivity index (χ1) is 7.56. The van der Waals surface area contributed by atoms with Gasteiger partial charge in [-0.25, -0.2) is 17.5 Å². The minimum absolute atomic E-state index is 0.0260. The van der Waals surface area contributed by atoms with Crippen molar-refractivity contribution >= 4 is 32.6 Å². The van der Waals surface area contributed by atoms with Crippen molar-refractivity contribution in [3.05, 3.63) is 30.1 Å². The second-order valence-corrected chi connectivity index (χ2v) is 6.10. The Balaban J connectivity index is 2.64. The van der Waals surface area contributed by atoms with Crippen LogP contribution in [0.3, 0.4) is 0 Å². The second-order valence-electron chi connectivity index (χ2n) is 3.25. The van der Waals surface area contributed by atoms with Gasteiger partial charge in [0.15, 0.2) is 0 Å². The van der Waals surface area contributed by atoms with E-state index in [1.807, 2.05) is 0 Å². The fourth-order valence-electron chi connectivity index (χ4n) is 1.14. The van der Waals surface area contributed by atoms with Crippen LogP contribution in [0.4, 0.5) is 4.39 Å². The molecule has 3 nitrogen and oxygen atoms in total. The van der Waals surface area contributed by atoms with Crippen LogP contribution in [0, 0.1) is 5.82 Å². The van der Waals surface area contributed by atoms with E-state index >= 15 is 0 Å². The van der Waals surface area contributed by atoms with Crippen LogP contribution in [0.15, 0.2) is 29.2 Å². The van der Waals surface area contributed by atoms with Gasteiger partial charge in [0, 0.05) is 6.54 Å². The summed E-state index contributed by atoms with van der Waals surface area (Å²) in [6.07, 6.45) is 1.75. The molecule has 0 fully saturated rings. The monoisotopic (exact) mass is 357 g/mol. The number of nitrogens with one attached hydrogen (secondary N) is 1. The van der Waals surface area contributed by atoms with Crippen LogP contribution in [0.25, 0.3) is 0 Å². The van der Waals surface area contributed by atoms with Gasteiger partial charge in [0.2, 0.25) is 10.0 Å². The summed E-state index contributed by atoms with van der Waals surface area (Å²) in [5.74, 6) is -0.546. The highest BCUT2D eigenvalue weighted by atomic mass is 127. The van der Waals surface area contributed by atoms with Crippen LogP contribution in [0.5, 0.6) is 0 Å². The fourth-order valence-corrected chi connectivity index (χ4v) is 2.79. The van der Waals surface area contributed by atoms with Gasteiger partial charge < -0.3 is 0 Å². The number of alkyl halides is 1. The molecule has 0 unspecified atom stereocenters. The Morgan fingerprint density at radius 1 is 1.31 bits per heavy atom. The Morgan fingerprint density at radius 2 is 2.06 bits per heavy atom. The Kier molecular flexibility index (Phi) is 5.63. The predicted octanol–water partition coefficient (Wildman–Crippen LogP) is 2.32. The van der Waals surface area contributed by atoms with Gasteiger partial charge in [0.25, 0.3) is 0 Å². The molecule has 0 saturated carbocycles. The average molecular weight is 357 g/mol. The molecule has 0 radical (unpaired) electrons. The van der Waals surface area contributed by atoms with Crippen molar-refractivity contribution in [2.75, 3.05) is 11.0 Å². The molecule has 0 heterocycles. The first-order valence-electron chi connectivity index (χ1n) is 4.87. The molecule has 0 aromatic heterocycles. The van der Waals surface area contributed by atoms with Gasteiger partial charge in [0.05, 0.1) is 4.90 Å². The largest absolute Gasteiger partial charge is 0.240 e. The Morgan fingerprint density at radius 3 is 2.69 bits per heavy atom. The fraction of sp³-hybridized carbons (Fsp3) is 0.400. The highest BCUT2D eigenvalue weighted by Gasteiger charge is 2.13. The number of hydrogen-bond donors (Lipinski definition) is 1. The van der Waals surface area contributed by atoms with Gasteiger partial charge in [-0.1, -0.05) is 28.7 Å². The summed E-state index contributed by atoms with van der Waals surface area (Å²) in [5, 5.41) is 0. The summed E-state index contributed by atoms with van der Waals surface area (Å²) >= 11 is 2.24. The van der Waals surface area contributed by atoms with Gasteiger partial charge in [-0.3, -0.25) is 0 Å². The van der Waals surface area contributed by atoms with E-state index in [2.05, 4.69) is 27.3 Å². The molecule has 16 heavy (non-hydrogen) atoms. The molecular formula is C10H13FINO2S. The maximum atomic E-state index is 12.8. The summed E-state index contributed by atoms with van der Waals surface area (Å²) in [6.45, 7) is 0.391. The molecule has 1 aromatic rings. The average Bonchev–Trinajstić information content (AvgIpc) is 2.24. The molecule has 1 aromatic carbocycles. The topological polar surface area (TPSA) is 46.2 Å². The molecule has 0 aliphatic heterocycles. The molecule has 6 heteroatoms. The van der Waals surface area contributed by atoms with Crippen LogP contribution in [0.1, 0.15) is 12.8 Å². The first kappa shape index (κ1) is 13.9. The van der Waals surface area contributed by atoms with Crippen molar-refractivity contribution in [2.24, 2.45) is 0 Å². The van der Waals surface area contributed by atoms with Gasteiger partial charge in [0.1, 0.15) is 5.82 Å². The molecule has 90 valence electrons. The van der Waals surface area contributed by atoms with Gasteiger partial charge >= 0.3 is 0 Å². The number of unbranched alkanes of at least 4 members (excludes halogenated alkanes) is 1. The zero-order valence-corrected chi connectivity index (χ0v) is 11.6. The van der Waals surface area contributed by atoms with Gasteiger partial charge in [-0.2, -0.15) is 0 Å². The lowest BCUT2D eigenvalue weighted by Crippen LogP contribution is -2.24. The molecule has 0 aliphatic rings. The first-order valence-corrected chi connectivity index (χ1v) is 7.88. The zero-order valence-electron chi connectivity index (χ0n) is 8.62. The minimum atomic E-state index is -3.56. The molecule has 0 bridgehead atoms. The number of benzene rings is 1. The van der Waals surface area contributed by atoms with Crippen molar-refractivity contribution in [1.29, 1.82) is 0 Å². The van der Waals surface area contributed by atoms with Crippen LogP contribution >= 0.6 is 22.6 Å². The van der Waals surface area contributed by atoms with Crippen LogP contribution in [0.2, 0.25) is 0 Å². The lowest BCUT2D eigenvalue weighted by Gasteiger charge is -2.05. The van der Waals surface area contributed by atoms with E-state index in [0.717, 1.165) is 23.3 Å². The number of hydrogen-bond acceptors (Lipinski definition) is 2. The summed E-state index contributed by atoms with van der Waals surface area (Å²) < 4.78 is 39.6. The van der Waals surface area contributed by atoms with Crippen LogP contribution < -0.4 is 4.72 Å². The molecule has 0 saturated heterocycles. The van der Waals surface area contributed by atoms with E-state index in [1.54, 1.807) is 0 Å². The number of halogens is 2. The Bertz CT molecular complexity index is 436. The summed E-state index contributed by atoms with van der Waals surface area (Å²) in [4.78, 5) is -0.0260. The molecule has 1 rings (SSSR count). The highest BCUT2D eigenvalue weighted by molar-refractivity contribution is 14.1. The summed E-state index contributed by atoms with van der Waals surface area (Å²) in [5.41, 5.74) is 0. The summed E-state index contributed by atoms with van der Waals surface area (Å²) in [7, 11) is -3.56. The lowest BCUT2D eigenvalue weighted by molar-refractivity contribution is 0.575. The van der Waals surface area contributed by atoms with Crippen molar-refractivity contribution < 1.29 is 12.8 Å². The molecule has 0 atom stereocenters. The zero-order chi connectivity index (χ0) is 12.0. The highest BCUT2D eigenvalue weighted by Crippen LogP contribution is 2.10. The smallest absolute Gasteiger partial charge is 0.211 e. The standard InChI is InChI=1S/C10H13FINO2S/c11-9-4-3-5-10(8-9)16(14,15)13-7-2-1-6-12/h3-5,8,13H,1-2,6-7H2. The summed E-state index contributed by atoms with van der Waals surface area (Å²) in [6, 6.07) is 4.99. The maximum absolute atomic E-state index is 12.8. The Hall–Kier alpha value is -0.210. The minimum Gasteiger partial charge on any atom is -0.211 e. The quantitative estimate of drug-likeness (QED) is 0.483. The van der Waals surface area contributed by atoms with E-state index in [-0.39, 0.29) is 4.90 Å². The van der Waals surface area contributed by atoms with Crippen molar-refractivity contribution in [3.8, 4) is 0 Å². The van der Waals surface area contributed by atoms with E-state index in [1.165, 1.54) is 18.2 Å². The van der Waals surface area contributed by atoms with Crippen LogP contribution in [-0.2, 0) is 10.0 Å². The molecule has 0 aliphatic carbocycles. The van der Waals surface area contributed by atoms with Crippen molar-refractivity contribution in [3.63, 3.8) is 0 Å². The molecule has 0 amide bonds. The van der Waals surface area contributed by atoms with Gasteiger partial charge in [-0.15, -0.1) is 0 Å². The predicted molar refractivity (Wildman–Crippen MR) is 69.7 cm³/mol. The van der Waals surface area contributed by atoms with E-state index in [9.17, 15) is 12.8 Å². The number of sulfonamides is 1. The van der Waals surface area contributed by atoms with E-state index in [0.29, 0.717) is 6.54 Å². The van der Waals surface area contributed by atoms with E-state index < -0.39 is 15.8 Å². The number of rotatable bonds is 6. The van der Waals surface area contributed by atoms with E-state index in [4.69, 9.17) is 0 Å². The van der Waals surface area contributed by atoms with Crippen molar-refractivity contribution in [1.82, 2.24) is 4.72 Å². The molecular weight excluding hydrogens is 344 g/mol. The second kappa shape index (κ2) is 6.51. The lowest BCUT2D eigenvalue weighted by atomic mass is 10.3. The Labute approximate surface area is 109 Å².